The number of amides is 2. The third-order valence-electron chi connectivity index (χ3n) is 2.83. The van der Waals surface area contributed by atoms with E-state index in [0.29, 0.717) is 0 Å². The van der Waals surface area contributed by atoms with Crippen LogP contribution < -0.4 is 13.7 Å². The van der Waals surface area contributed by atoms with Gasteiger partial charge in [0.05, 0.1) is 18.4 Å². The predicted octanol–water partition coefficient (Wildman–Crippen LogP) is 1.24. The molecule has 2 heterocycles. The van der Waals surface area contributed by atoms with Crippen LogP contribution in [0.2, 0.25) is 0 Å². The highest BCUT2D eigenvalue weighted by atomic mass is 32.3. The smallest absolute Gasteiger partial charge is 0.351 e. The van der Waals surface area contributed by atoms with Gasteiger partial charge in [-0.15, -0.1) is 8.42 Å². The molecule has 12 nitrogen and oxygen atoms in total. The van der Waals surface area contributed by atoms with E-state index in [1.165, 1.54) is 14.2 Å². The van der Waals surface area contributed by atoms with E-state index in [-0.39, 0.29) is 11.3 Å². The van der Waals surface area contributed by atoms with E-state index in [9.17, 15) is 18.0 Å². The lowest BCUT2D eigenvalue weighted by Crippen LogP contribution is -2.26. The Morgan fingerprint density at radius 1 is 1.42 bits per heavy atom. The molecule has 2 bridgehead atoms. The fourth-order valence-corrected chi connectivity index (χ4v) is 2.61. The highest BCUT2D eigenvalue weighted by Gasteiger charge is 2.35. The largest absolute Gasteiger partial charge is 0.501 e. The van der Waals surface area contributed by atoms with Gasteiger partial charge in [-0.1, -0.05) is 5.11 Å². The molecule has 2 aliphatic rings. The Morgan fingerprint density at radius 2 is 2.08 bits per heavy atom. The van der Waals surface area contributed by atoms with E-state index in [1.807, 2.05) is 0 Å². The monoisotopic (exact) mass is 357 g/mol. The summed E-state index contributed by atoms with van der Waals surface area (Å²) in [5.74, 6) is -2.42. The molecule has 0 spiro atoms. The molecular weight excluding hydrogens is 346 g/mol. The number of hydrogen-bond acceptors (Lipinski definition) is 8. The molecule has 0 unspecified atom stereocenters. The van der Waals surface area contributed by atoms with Gasteiger partial charge < -0.3 is 13.7 Å². The second-order valence-corrected chi connectivity index (χ2v) is 5.56. The van der Waals surface area contributed by atoms with Crippen LogP contribution >= 0.6 is 0 Å². The van der Waals surface area contributed by atoms with Crippen molar-refractivity contribution in [3.8, 4) is 11.5 Å². The zero-order valence-corrected chi connectivity index (χ0v) is 13.4. The van der Waals surface area contributed by atoms with Gasteiger partial charge in [0.2, 0.25) is 5.91 Å². The van der Waals surface area contributed by atoms with Gasteiger partial charge in [0.1, 0.15) is 5.69 Å². The fourth-order valence-electron chi connectivity index (χ4n) is 1.85. The second kappa shape index (κ2) is 6.23. The number of fused-ring (bicyclic) bond motifs is 4. The van der Waals surface area contributed by atoms with Crippen molar-refractivity contribution in [2.45, 2.75) is 6.92 Å². The van der Waals surface area contributed by atoms with E-state index >= 15 is 0 Å². The summed E-state index contributed by atoms with van der Waals surface area (Å²) in [6, 6.07) is 1.03. The number of azide groups is 1. The zero-order chi connectivity index (χ0) is 18.1. The van der Waals surface area contributed by atoms with Gasteiger partial charge in [-0.3, -0.25) is 14.4 Å². The van der Waals surface area contributed by atoms with Gasteiger partial charge in [-0.25, -0.2) is 5.06 Å². The summed E-state index contributed by atoms with van der Waals surface area (Å²) in [4.78, 5) is 30.9. The Bertz CT molecular complexity index is 875. The van der Waals surface area contributed by atoms with Crippen LogP contribution in [-0.4, -0.2) is 39.5 Å². The summed E-state index contributed by atoms with van der Waals surface area (Å²) < 4.78 is 32.9. The highest BCUT2D eigenvalue weighted by Crippen LogP contribution is 2.49. The van der Waals surface area contributed by atoms with Crippen molar-refractivity contribution in [3.05, 3.63) is 22.1 Å². The maximum Gasteiger partial charge on any atom is 0.501 e. The number of carbonyl (C=O) groups is 2. The molecule has 0 atom stereocenters. The lowest BCUT2D eigenvalue weighted by molar-refractivity contribution is -0.114. The summed E-state index contributed by atoms with van der Waals surface area (Å²) in [7, 11) is -2.10. The van der Waals surface area contributed by atoms with Crippen molar-refractivity contribution in [2.24, 2.45) is 5.11 Å². The van der Waals surface area contributed by atoms with Crippen LogP contribution in [0.3, 0.4) is 0 Å². The minimum atomic E-state index is -4.59. The van der Waals surface area contributed by atoms with Gasteiger partial charge in [0.25, 0.3) is 5.91 Å². The van der Waals surface area contributed by atoms with Gasteiger partial charge >= 0.3 is 10.4 Å². The molecule has 0 fully saturated rings. The Balaban J connectivity index is 2.82. The Kier molecular flexibility index (Phi) is 4.50. The molecule has 3 rings (SSSR count). The molecule has 2 aliphatic heterocycles. The number of anilines is 1. The predicted molar refractivity (Wildman–Crippen MR) is 78.8 cm³/mol. The first kappa shape index (κ1) is 17.3. The van der Waals surface area contributed by atoms with Crippen molar-refractivity contribution < 1.29 is 31.2 Å². The molecule has 0 aliphatic carbocycles. The standard InChI is InChI=1S/C11H11N5O7S/c1-5(17)13-8-7-4-6(11(18)16(2)21-3)10(9(8)14-15-12)23-24(19,20)22-7/h4H,1-3H3,(H,13,17). The second-order valence-electron chi connectivity index (χ2n) is 4.41. The van der Waals surface area contributed by atoms with Crippen molar-refractivity contribution in [3.63, 3.8) is 0 Å². The first-order chi connectivity index (χ1) is 11.2. The summed E-state index contributed by atoms with van der Waals surface area (Å²) in [6.45, 7) is 1.15. The van der Waals surface area contributed by atoms with E-state index in [4.69, 9.17) is 14.6 Å². The maximum atomic E-state index is 12.3. The first-order valence-electron chi connectivity index (χ1n) is 6.20. The van der Waals surface area contributed by atoms with Gasteiger partial charge in [-0.2, -0.15) is 0 Å². The molecule has 0 radical (unpaired) electrons. The van der Waals surface area contributed by atoms with Crippen LogP contribution in [0.5, 0.6) is 11.5 Å². The van der Waals surface area contributed by atoms with Crippen LogP contribution in [0.15, 0.2) is 11.2 Å². The molecule has 1 aromatic rings. The average molecular weight is 357 g/mol. The summed E-state index contributed by atoms with van der Waals surface area (Å²) in [5.41, 5.74) is 7.75. The third kappa shape index (κ3) is 3.17. The molecule has 0 saturated carbocycles. The van der Waals surface area contributed by atoms with Crippen LogP contribution in [0, 0.1) is 0 Å². The minimum absolute atomic E-state index is 0.243. The molecule has 0 aromatic heterocycles. The van der Waals surface area contributed by atoms with E-state index < -0.39 is 39.4 Å². The van der Waals surface area contributed by atoms with Gasteiger partial charge in [0.15, 0.2) is 11.5 Å². The number of nitrogens with zero attached hydrogens (tertiary/aromatic N) is 4. The zero-order valence-electron chi connectivity index (χ0n) is 12.6. The number of hydrogen-bond donors (Lipinski definition) is 1. The van der Waals surface area contributed by atoms with Crippen molar-refractivity contribution in [1.82, 2.24) is 5.06 Å². The molecule has 1 aromatic carbocycles. The van der Waals surface area contributed by atoms with E-state index in [2.05, 4.69) is 19.5 Å². The van der Waals surface area contributed by atoms with E-state index in [0.717, 1.165) is 18.1 Å². The number of carbonyl (C=O) groups excluding carboxylic acids is 2. The topological polar surface area (TPSA) is 160 Å². The Labute approximate surface area is 135 Å². The molecule has 13 heteroatoms. The van der Waals surface area contributed by atoms with Crippen LogP contribution in [0.25, 0.3) is 10.4 Å². The van der Waals surface area contributed by atoms with E-state index in [1.54, 1.807) is 0 Å². The number of hydroxylamine groups is 2. The SMILES string of the molecule is CON(C)C(=O)c1cc2c(NC(C)=O)c(N=[N+]=[N-])c1OS(=O)(=O)O2. The lowest BCUT2D eigenvalue weighted by atomic mass is 10.1. The van der Waals surface area contributed by atoms with Crippen molar-refractivity contribution in [1.29, 1.82) is 0 Å². The third-order valence-corrected chi connectivity index (χ3v) is 3.59. The van der Waals surface area contributed by atoms with Crippen molar-refractivity contribution in [2.75, 3.05) is 19.5 Å². The molecule has 0 saturated heterocycles. The van der Waals surface area contributed by atoms with Crippen molar-refractivity contribution >= 4 is 33.6 Å². The number of rotatable bonds is 4. The normalized spacial score (nSPS) is 13.8. The van der Waals surface area contributed by atoms with Crippen LogP contribution in [0.4, 0.5) is 11.4 Å². The quantitative estimate of drug-likeness (QED) is 0.367. The van der Waals surface area contributed by atoms with Gasteiger partial charge in [0, 0.05) is 24.9 Å². The van der Waals surface area contributed by atoms with Gasteiger partial charge in [-0.05, 0) is 5.53 Å². The first-order valence-corrected chi connectivity index (χ1v) is 7.53. The Morgan fingerprint density at radius 3 is 2.62 bits per heavy atom. The average Bonchev–Trinajstić information content (AvgIpc) is 2.69. The molecular formula is C11H11N5O7S. The fraction of sp³-hybridized carbons (Fsp3) is 0.273. The summed E-state index contributed by atoms with van der Waals surface area (Å²) >= 11 is 0. The molecule has 128 valence electrons. The summed E-state index contributed by atoms with van der Waals surface area (Å²) in [6.07, 6.45) is 0. The lowest BCUT2D eigenvalue weighted by Gasteiger charge is -2.16. The number of benzene rings is 1. The molecule has 24 heavy (non-hydrogen) atoms. The molecule has 1 N–H and O–H groups in total. The highest BCUT2D eigenvalue weighted by molar-refractivity contribution is 7.82. The number of nitrogens with one attached hydrogen (secondary N) is 1. The Hall–Kier alpha value is -3.02. The molecule has 2 amide bonds. The maximum absolute atomic E-state index is 12.3. The van der Waals surface area contributed by atoms with Crippen LogP contribution in [-0.2, 0) is 20.0 Å². The minimum Gasteiger partial charge on any atom is -0.351 e. The van der Waals surface area contributed by atoms with Crippen LogP contribution in [0.1, 0.15) is 17.3 Å². The summed E-state index contributed by atoms with van der Waals surface area (Å²) in [5, 5.41) is 6.38.